The zero-order chi connectivity index (χ0) is 23.0. The van der Waals surface area contributed by atoms with Crippen molar-refractivity contribution in [1.29, 1.82) is 0 Å². The minimum atomic E-state index is 0.564. The standard InChI is InChI=1S/C24H42BNO6/c1-3-23-4-6-24(7-5-23)22-25-8-11-28-14-16-30-18-20-32-21-19-31-17-15-29-13-10-26-9-12-27-2/h3-7,25-26H,1,8-22H2,2H3. The highest BCUT2D eigenvalue weighted by molar-refractivity contribution is 6.34. The maximum Gasteiger partial charge on any atom is 0.128 e. The highest BCUT2D eigenvalue weighted by atomic mass is 16.6. The molecule has 0 heterocycles. The fourth-order valence-electron chi connectivity index (χ4n) is 2.78. The third-order valence-corrected chi connectivity index (χ3v) is 4.61. The Morgan fingerprint density at radius 1 is 0.719 bits per heavy atom. The molecule has 0 radical (unpaired) electrons. The van der Waals surface area contributed by atoms with Crippen molar-refractivity contribution in [2.45, 2.75) is 12.6 Å². The van der Waals surface area contributed by atoms with Crippen molar-refractivity contribution in [3.8, 4) is 0 Å². The predicted molar refractivity (Wildman–Crippen MR) is 131 cm³/mol. The lowest BCUT2D eigenvalue weighted by Gasteiger charge is -2.08. The second-order valence-corrected chi connectivity index (χ2v) is 7.21. The molecular formula is C24H42BNO6. The number of rotatable bonds is 24. The van der Waals surface area contributed by atoms with Crippen molar-refractivity contribution >= 4 is 13.4 Å². The number of ether oxygens (including phenoxy) is 6. The van der Waals surface area contributed by atoms with Gasteiger partial charge in [-0.15, -0.1) is 0 Å². The van der Waals surface area contributed by atoms with E-state index in [2.05, 4.69) is 36.2 Å². The first kappa shape index (κ1) is 28.8. The molecule has 0 fully saturated rings. The van der Waals surface area contributed by atoms with E-state index in [1.165, 1.54) is 5.56 Å². The summed E-state index contributed by atoms with van der Waals surface area (Å²) >= 11 is 0. The molecule has 0 aliphatic carbocycles. The van der Waals surface area contributed by atoms with Crippen molar-refractivity contribution < 1.29 is 28.4 Å². The summed E-state index contributed by atoms with van der Waals surface area (Å²) < 4.78 is 32.4. The van der Waals surface area contributed by atoms with Crippen LogP contribution in [-0.2, 0) is 34.7 Å². The van der Waals surface area contributed by atoms with Gasteiger partial charge in [0.2, 0.25) is 0 Å². The van der Waals surface area contributed by atoms with Gasteiger partial charge in [-0.1, -0.05) is 55.1 Å². The predicted octanol–water partition coefficient (Wildman–Crippen LogP) is 2.00. The van der Waals surface area contributed by atoms with Crippen LogP contribution in [-0.4, -0.2) is 100 Å². The first-order valence-corrected chi connectivity index (χ1v) is 11.7. The second-order valence-electron chi connectivity index (χ2n) is 7.21. The summed E-state index contributed by atoms with van der Waals surface area (Å²) in [6.45, 7) is 12.3. The Morgan fingerprint density at radius 2 is 1.22 bits per heavy atom. The molecule has 1 N–H and O–H groups in total. The van der Waals surface area contributed by atoms with Crippen LogP contribution < -0.4 is 5.32 Å². The molecule has 0 aromatic heterocycles. The number of hydrogen-bond donors (Lipinski definition) is 1. The van der Waals surface area contributed by atoms with E-state index in [1.807, 2.05) is 6.08 Å². The lowest BCUT2D eigenvalue weighted by Crippen LogP contribution is -2.24. The van der Waals surface area contributed by atoms with Gasteiger partial charge in [0.05, 0.1) is 66.1 Å². The Balaban J connectivity index is 1.70. The van der Waals surface area contributed by atoms with E-state index in [9.17, 15) is 0 Å². The average molecular weight is 451 g/mol. The van der Waals surface area contributed by atoms with Gasteiger partial charge in [-0.3, -0.25) is 0 Å². The van der Waals surface area contributed by atoms with Gasteiger partial charge in [0.25, 0.3) is 0 Å². The normalized spacial score (nSPS) is 11.0. The maximum absolute atomic E-state index is 5.61. The van der Waals surface area contributed by atoms with Crippen molar-refractivity contribution in [2.75, 3.05) is 92.9 Å². The monoisotopic (exact) mass is 451 g/mol. The van der Waals surface area contributed by atoms with Gasteiger partial charge in [0.1, 0.15) is 7.28 Å². The van der Waals surface area contributed by atoms with Gasteiger partial charge in [0, 0.05) is 26.8 Å². The van der Waals surface area contributed by atoms with Gasteiger partial charge in [-0.25, -0.2) is 0 Å². The number of methoxy groups -OCH3 is 1. The first-order valence-electron chi connectivity index (χ1n) is 11.7. The Morgan fingerprint density at radius 3 is 1.75 bits per heavy atom. The zero-order valence-electron chi connectivity index (χ0n) is 19.9. The van der Waals surface area contributed by atoms with Gasteiger partial charge in [-0.2, -0.15) is 0 Å². The van der Waals surface area contributed by atoms with Crippen molar-refractivity contribution in [2.24, 2.45) is 0 Å². The smallest absolute Gasteiger partial charge is 0.128 e. The molecule has 0 atom stereocenters. The molecular weight excluding hydrogens is 409 g/mol. The highest BCUT2D eigenvalue weighted by Gasteiger charge is 1.97. The largest absolute Gasteiger partial charge is 0.383 e. The van der Waals surface area contributed by atoms with E-state index in [-0.39, 0.29) is 0 Å². The minimum absolute atomic E-state index is 0.564. The summed E-state index contributed by atoms with van der Waals surface area (Å²) in [6, 6.07) is 8.55. The van der Waals surface area contributed by atoms with Crippen LogP contribution in [0.5, 0.6) is 0 Å². The second kappa shape index (κ2) is 22.9. The molecule has 8 heteroatoms. The lowest BCUT2D eigenvalue weighted by atomic mass is 9.69. The Bertz CT molecular complexity index is 532. The van der Waals surface area contributed by atoms with E-state index in [1.54, 1.807) is 7.11 Å². The number of benzene rings is 1. The van der Waals surface area contributed by atoms with Gasteiger partial charge in [0.15, 0.2) is 0 Å². The zero-order valence-corrected chi connectivity index (χ0v) is 19.9. The van der Waals surface area contributed by atoms with Crippen molar-refractivity contribution in [3.63, 3.8) is 0 Å². The molecule has 0 saturated carbocycles. The summed E-state index contributed by atoms with van der Waals surface area (Å²) in [5, 5.41) is 3.22. The molecule has 0 amide bonds. The summed E-state index contributed by atoms with van der Waals surface area (Å²) in [5.41, 5.74) is 2.52. The van der Waals surface area contributed by atoms with Crippen LogP contribution in [0.25, 0.3) is 6.08 Å². The van der Waals surface area contributed by atoms with E-state index >= 15 is 0 Å². The Kier molecular flexibility index (Phi) is 20.6. The number of hydrogen-bond acceptors (Lipinski definition) is 7. The molecule has 0 aliphatic heterocycles. The molecule has 1 aromatic rings. The first-order chi connectivity index (χ1) is 15.9. The van der Waals surface area contributed by atoms with E-state index in [4.69, 9.17) is 28.4 Å². The van der Waals surface area contributed by atoms with Crippen molar-refractivity contribution in [3.05, 3.63) is 42.0 Å². The Labute approximate surface area is 195 Å². The van der Waals surface area contributed by atoms with Crippen LogP contribution in [0.4, 0.5) is 0 Å². The van der Waals surface area contributed by atoms with E-state index < -0.39 is 0 Å². The van der Waals surface area contributed by atoms with Crippen molar-refractivity contribution in [1.82, 2.24) is 5.32 Å². The fourth-order valence-corrected chi connectivity index (χ4v) is 2.78. The molecule has 7 nitrogen and oxygen atoms in total. The lowest BCUT2D eigenvalue weighted by molar-refractivity contribution is -0.00998. The molecule has 1 aromatic carbocycles. The molecule has 0 bridgehead atoms. The minimum Gasteiger partial charge on any atom is -0.383 e. The quantitative estimate of drug-likeness (QED) is 0.191. The molecule has 182 valence electrons. The summed E-state index contributed by atoms with van der Waals surface area (Å²) in [4.78, 5) is 0. The summed E-state index contributed by atoms with van der Waals surface area (Å²) in [6.07, 6.45) is 4.01. The van der Waals surface area contributed by atoms with E-state index in [0.717, 1.165) is 51.8 Å². The molecule has 0 unspecified atom stereocenters. The highest BCUT2D eigenvalue weighted by Crippen LogP contribution is 2.06. The SMILES string of the molecule is C=Cc1ccc(CBCCOCCOCCOCCOCCOCCNCCOC)cc1. The van der Waals surface area contributed by atoms with Crippen LogP contribution in [0.15, 0.2) is 30.8 Å². The van der Waals surface area contributed by atoms with Gasteiger partial charge < -0.3 is 33.7 Å². The van der Waals surface area contributed by atoms with Crippen LogP contribution in [0.1, 0.15) is 11.1 Å². The van der Waals surface area contributed by atoms with Gasteiger partial charge in [-0.05, 0) is 5.56 Å². The maximum atomic E-state index is 5.61. The Hall–Kier alpha value is -1.26. The average Bonchev–Trinajstić information content (AvgIpc) is 2.82. The van der Waals surface area contributed by atoms with E-state index in [0.29, 0.717) is 59.5 Å². The van der Waals surface area contributed by atoms with Crippen LogP contribution in [0.2, 0.25) is 6.32 Å². The number of nitrogens with one attached hydrogen (secondary N) is 1. The molecule has 32 heavy (non-hydrogen) atoms. The molecule has 1 rings (SSSR count). The third kappa shape index (κ3) is 18.3. The van der Waals surface area contributed by atoms with Gasteiger partial charge >= 0.3 is 0 Å². The fraction of sp³-hybridized carbons (Fsp3) is 0.667. The topological polar surface area (TPSA) is 67.4 Å². The molecule has 0 saturated heterocycles. The summed E-state index contributed by atoms with van der Waals surface area (Å²) in [5.74, 6) is 0. The summed E-state index contributed by atoms with van der Waals surface area (Å²) in [7, 11) is 2.82. The van der Waals surface area contributed by atoms with Crippen LogP contribution >= 0.6 is 0 Å². The molecule has 0 spiro atoms. The molecule has 0 aliphatic rings. The third-order valence-electron chi connectivity index (χ3n) is 4.61. The van der Waals surface area contributed by atoms with Crippen LogP contribution in [0.3, 0.4) is 0 Å². The van der Waals surface area contributed by atoms with Crippen LogP contribution in [0, 0.1) is 0 Å².